The van der Waals surface area contributed by atoms with Gasteiger partial charge in [0, 0.05) is 0 Å². The highest BCUT2D eigenvalue weighted by Gasteiger charge is 1.84. The van der Waals surface area contributed by atoms with E-state index in [0.717, 1.165) is 19.3 Å². The summed E-state index contributed by atoms with van der Waals surface area (Å²) in [5, 5.41) is 0. The molecule has 0 spiro atoms. The van der Waals surface area contributed by atoms with E-state index in [4.69, 9.17) is 0 Å². The van der Waals surface area contributed by atoms with Gasteiger partial charge >= 0.3 is 0 Å². The summed E-state index contributed by atoms with van der Waals surface area (Å²) >= 11 is 0. The molecule has 1 aromatic carbocycles. The lowest BCUT2D eigenvalue weighted by atomic mass is 10.1. The molecule has 0 heteroatoms. The van der Waals surface area contributed by atoms with Crippen molar-refractivity contribution in [2.75, 3.05) is 0 Å². The number of rotatable bonds is 5. The fourth-order valence-electron chi connectivity index (χ4n) is 1.27. The second kappa shape index (κ2) is 7.14. The minimum Gasteiger partial charge on any atom is -0.0885 e. The lowest BCUT2D eigenvalue weighted by Crippen LogP contribution is -1.77. The monoisotopic (exact) mass is 186 g/mol. The molecule has 0 aliphatic carbocycles. The average molecular weight is 186 g/mol. The molecule has 0 aliphatic rings. The normalized spacial score (nSPS) is 11.5. The van der Waals surface area contributed by atoms with Crippen LogP contribution in [-0.2, 0) is 6.42 Å². The van der Waals surface area contributed by atoms with Crippen molar-refractivity contribution >= 4 is 0 Å². The molecule has 0 aliphatic heterocycles. The third-order valence-electron chi connectivity index (χ3n) is 2.04. The molecule has 0 aromatic heterocycles. The fourth-order valence-corrected chi connectivity index (χ4v) is 1.27. The molecule has 0 radical (unpaired) electrons. The van der Waals surface area contributed by atoms with E-state index in [0.29, 0.717) is 0 Å². The van der Waals surface area contributed by atoms with Crippen LogP contribution in [0.5, 0.6) is 0 Å². The Balaban J connectivity index is 2.24. The van der Waals surface area contributed by atoms with Crippen LogP contribution in [0.1, 0.15) is 25.3 Å². The SMILES string of the molecule is CCC=CCC=CCc1ccccc1. The van der Waals surface area contributed by atoms with Crippen LogP contribution in [0, 0.1) is 0 Å². The first-order valence-corrected chi connectivity index (χ1v) is 5.27. The van der Waals surface area contributed by atoms with Crippen LogP contribution in [-0.4, -0.2) is 0 Å². The summed E-state index contributed by atoms with van der Waals surface area (Å²) in [4.78, 5) is 0. The lowest BCUT2D eigenvalue weighted by Gasteiger charge is -1.93. The minimum atomic E-state index is 1.04. The van der Waals surface area contributed by atoms with E-state index < -0.39 is 0 Å². The van der Waals surface area contributed by atoms with Gasteiger partial charge < -0.3 is 0 Å². The van der Waals surface area contributed by atoms with Crippen molar-refractivity contribution in [2.24, 2.45) is 0 Å². The number of benzene rings is 1. The quantitative estimate of drug-likeness (QED) is 0.606. The Morgan fingerprint density at radius 2 is 1.64 bits per heavy atom. The zero-order valence-electron chi connectivity index (χ0n) is 8.82. The van der Waals surface area contributed by atoms with Crippen LogP contribution >= 0.6 is 0 Å². The lowest BCUT2D eigenvalue weighted by molar-refractivity contribution is 1.19. The Morgan fingerprint density at radius 1 is 0.929 bits per heavy atom. The predicted molar refractivity (Wildman–Crippen MR) is 63.3 cm³/mol. The zero-order chi connectivity index (χ0) is 10.1. The van der Waals surface area contributed by atoms with Gasteiger partial charge in [-0.2, -0.15) is 0 Å². The van der Waals surface area contributed by atoms with Crippen LogP contribution in [0.15, 0.2) is 54.6 Å². The molecule has 14 heavy (non-hydrogen) atoms. The summed E-state index contributed by atoms with van der Waals surface area (Å²) < 4.78 is 0. The number of hydrogen-bond donors (Lipinski definition) is 0. The van der Waals surface area contributed by atoms with Gasteiger partial charge in [-0.3, -0.25) is 0 Å². The van der Waals surface area contributed by atoms with E-state index >= 15 is 0 Å². The van der Waals surface area contributed by atoms with Crippen molar-refractivity contribution in [2.45, 2.75) is 26.2 Å². The third kappa shape index (κ3) is 4.66. The van der Waals surface area contributed by atoms with Crippen LogP contribution in [0.25, 0.3) is 0 Å². The summed E-state index contributed by atoms with van der Waals surface area (Å²) in [6.45, 7) is 2.16. The van der Waals surface area contributed by atoms with Gasteiger partial charge in [-0.15, -0.1) is 0 Å². The largest absolute Gasteiger partial charge is 0.0885 e. The molecule has 0 unspecified atom stereocenters. The molecule has 0 saturated carbocycles. The smallest absolute Gasteiger partial charge is 0.00973 e. The van der Waals surface area contributed by atoms with Gasteiger partial charge in [0.05, 0.1) is 0 Å². The van der Waals surface area contributed by atoms with Gasteiger partial charge in [0.15, 0.2) is 0 Å². The molecule has 0 nitrogen and oxygen atoms in total. The zero-order valence-corrected chi connectivity index (χ0v) is 8.82. The molecule has 0 N–H and O–H groups in total. The molecular weight excluding hydrogens is 168 g/mol. The molecule has 0 heterocycles. The van der Waals surface area contributed by atoms with Gasteiger partial charge in [-0.1, -0.05) is 61.6 Å². The summed E-state index contributed by atoms with van der Waals surface area (Å²) in [6, 6.07) is 10.5. The minimum absolute atomic E-state index is 1.04. The summed E-state index contributed by atoms with van der Waals surface area (Å²) in [7, 11) is 0. The maximum Gasteiger partial charge on any atom is -0.00973 e. The van der Waals surface area contributed by atoms with E-state index in [-0.39, 0.29) is 0 Å². The van der Waals surface area contributed by atoms with Gasteiger partial charge in [-0.25, -0.2) is 0 Å². The van der Waals surface area contributed by atoms with E-state index in [1.165, 1.54) is 5.56 Å². The summed E-state index contributed by atoms with van der Waals surface area (Å²) in [5.41, 5.74) is 1.38. The molecule has 74 valence electrons. The van der Waals surface area contributed by atoms with Crippen molar-refractivity contribution in [3.63, 3.8) is 0 Å². The number of hydrogen-bond acceptors (Lipinski definition) is 0. The molecule has 0 amide bonds. The van der Waals surface area contributed by atoms with Gasteiger partial charge in [0.1, 0.15) is 0 Å². The highest BCUT2D eigenvalue weighted by atomic mass is 13.9. The highest BCUT2D eigenvalue weighted by Crippen LogP contribution is 2.00. The second-order valence-electron chi connectivity index (χ2n) is 3.28. The van der Waals surface area contributed by atoms with Crippen molar-refractivity contribution < 1.29 is 0 Å². The standard InChI is InChI=1S/C14H18/c1-2-3-4-5-6-8-11-14-12-9-7-10-13-14/h3-4,6-10,12-13H,2,5,11H2,1H3. The van der Waals surface area contributed by atoms with Crippen molar-refractivity contribution in [3.8, 4) is 0 Å². The first-order chi connectivity index (χ1) is 6.93. The van der Waals surface area contributed by atoms with Crippen LogP contribution < -0.4 is 0 Å². The van der Waals surface area contributed by atoms with Crippen LogP contribution in [0.3, 0.4) is 0 Å². The summed E-state index contributed by atoms with van der Waals surface area (Å²) in [5.74, 6) is 0. The second-order valence-corrected chi connectivity index (χ2v) is 3.28. The first-order valence-electron chi connectivity index (χ1n) is 5.27. The van der Waals surface area contributed by atoms with E-state index in [1.54, 1.807) is 0 Å². The first kappa shape index (κ1) is 10.8. The highest BCUT2D eigenvalue weighted by molar-refractivity contribution is 5.17. The van der Waals surface area contributed by atoms with E-state index in [1.807, 2.05) is 0 Å². The maximum absolute atomic E-state index is 2.23. The number of allylic oxidation sites excluding steroid dienone is 4. The summed E-state index contributed by atoms with van der Waals surface area (Å²) in [6.07, 6.45) is 12.1. The van der Waals surface area contributed by atoms with Crippen molar-refractivity contribution in [3.05, 3.63) is 60.2 Å². The maximum atomic E-state index is 2.23. The molecule has 1 aromatic rings. The molecule has 0 fully saturated rings. The third-order valence-corrected chi connectivity index (χ3v) is 2.04. The average Bonchev–Trinajstić information content (AvgIpc) is 2.25. The van der Waals surface area contributed by atoms with Crippen molar-refractivity contribution in [1.29, 1.82) is 0 Å². The van der Waals surface area contributed by atoms with Gasteiger partial charge in [0.2, 0.25) is 0 Å². The fraction of sp³-hybridized carbons (Fsp3) is 0.286. The predicted octanol–water partition coefficient (Wildman–Crippen LogP) is 4.14. The Morgan fingerprint density at radius 3 is 2.36 bits per heavy atom. The molecule has 0 atom stereocenters. The Bertz CT molecular complexity index is 280. The van der Waals surface area contributed by atoms with E-state index in [2.05, 4.69) is 61.6 Å². The molecule has 1 rings (SSSR count). The molecular formula is C14H18. The Hall–Kier alpha value is -1.30. The van der Waals surface area contributed by atoms with Gasteiger partial charge in [-0.05, 0) is 24.8 Å². The molecule has 0 saturated heterocycles. The van der Waals surface area contributed by atoms with Crippen molar-refractivity contribution in [1.82, 2.24) is 0 Å². The van der Waals surface area contributed by atoms with Crippen LogP contribution in [0.4, 0.5) is 0 Å². The topological polar surface area (TPSA) is 0 Å². The van der Waals surface area contributed by atoms with E-state index in [9.17, 15) is 0 Å². The Kier molecular flexibility index (Phi) is 5.49. The van der Waals surface area contributed by atoms with Gasteiger partial charge in [0.25, 0.3) is 0 Å². The molecule has 0 bridgehead atoms. The Labute approximate surface area is 87.0 Å². The van der Waals surface area contributed by atoms with Crippen LogP contribution in [0.2, 0.25) is 0 Å².